The molecule has 0 aliphatic heterocycles. The van der Waals surface area contributed by atoms with Crippen molar-refractivity contribution >= 4 is 27.6 Å². The molecule has 0 aliphatic carbocycles. The molecule has 0 unspecified atom stereocenters. The Morgan fingerprint density at radius 2 is 1.30 bits per heavy atom. The lowest BCUT2D eigenvalue weighted by Gasteiger charge is -2.11. The van der Waals surface area contributed by atoms with E-state index < -0.39 is 0 Å². The Bertz CT molecular complexity index is 1270. The molecule has 2 nitrogen and oxygen atoms in total. The Labute approximate surface area is 157 Å². The van der Waals surface area contributed by atoms with Crippen LogP contribution in [0.5, 0.6) is 0 Å². The van der Waals surface area contributed by atoms with Crippen molar-refractivity contribution in [3.05, 3.63) is 108 Å². The van der Waals surface area contributed by atoms with E-state index in [4.69, 9.17) is 0 Å². The van der Waals surface area contributed by atoms with Gasteiger partial charge in [-0.2, -0.15) is 0 Å². The number of fused-ring (bicyclic) bond motifs is 3. The minimum Gasteiger partial charge on any atom is -0.354 e. The van der Waals surface area contributed by atoms with Crippen molar-refractivity contribution in [2.45, 2.75) is 0 Å². The quantitative estimate of drug-likeness (QED) is 0.386. The molecule has 2 heteroatoms. The maximum absolute atomic E-state index is 13.3. The standard InChI is InChI=1S/C25H17NO/c27-25(18-11-5-2-6-12-18)21-16-15-20-19-13-7-8-14-22(19)26-24(20)23(21)17-9-3-1-4-10-17/h1-16,26H. The Morgan fingerprint density at radius 1 is 0.630 bits per heavy atom. The molecule has 27 heavy (non-hydrogen) atoms. The number of aromatic amines is 1. The van der Waals surface area contributed by atoms with E-state index in [9.17, 15) is 4.79 Å². The summed E-state index contributed by atoms with van der Waals surface area (Å²) in [7, 11) is 0. The van der Waals surface area contributed by atoms with E-state index in [0.29, 0.717) is 11.1 Å². The fourth-order valence-electron chi connectivity index (χ4n) is 3.76. The van der Waals surface area contributed by atoms with E-state index in [-0.39, 0.29) is 5.78 Å². The molecule has 0 aliphatic rings. The van der Waals surface area contributed by atoms with E-state index in [1.807, 2.05) is 66.7 Å². The Kier molecular flexibility index (Phi) is 3.61. The number of hydrogen-bond acceptors (Lipinski definition) is 1. The Balaban J connectivity index is 1.86. The van der Waals surface area contributed by atoms with Gasteiger partial charge in [-0.3, -0.25) is 4.79 Å². The van der Waals surface area contributed by atoms with Crippen molar-refractivity contribution in [3.63, 3.8) is 0 Å². The summed E-state index contributed by atoms with van der Waals surface area (Å²) < 4.78 is 0. The van der Waals surface area contributed by atoms with Gasteiger partial charge in [0, 0.05) is 33.0 Å². The first-order valence-corrected chi connectivity index (χ1v) is 9.01. The lowest BCUT2D eigenvalue weighted by atomic mass is 9.92. The van der Waals surface area contributed by atoms with Gasteiger partial charge in [-0.25, -0.2) is 0 Å². The number of H-pyrrole nitrogens is 1. The predicted octanol–water partition coefficient (Wildman–Crippen LogP) is 6.22. The summed E-state index contributed by atoms with van der Waals surface area (Å²) in [5.41, 5.74) is 5.49. The summed E-state index contributed by atoms with van der Waals surface area (Å²) in [5, 5.41) is 2.30. The second kappa shape index (κ2) is 6.26. The highest BCUT2D eigenvalue weighted by Gasteiger charge is 2.19. The number of para-hydroxylation sites is 1. The smallest absolute Gasteiger partial charge is 0.193 e. The molecule has 1 heterocycles. The molecule has 4 aromatic carbocycles. The van der Waals surface area contributed by atoms with Crippen LogP contribution in [0.15, 0.2) is 97.1 Å². The second-order valence-corrected chi connectivity index (χ2v) is 6.64. The fraction of sp³-hybridized carbons (Fsp3) is 0. The zero-order chi connectivity index (χ0) is 18.2. The van der Waals surface area contributed by atoms with Crippen LogP contribution in [0, 0.1) is 0 Å². The third kappa shape index (κ3) is 2.54. The van der Waals surface area contributed by atoms with Crippen LogP contribution in [0.3, 0.4) is 0 Å². The van der Waals surface area contributed by atoms with Crippen molar-refractivity contribution in [1.82, 2.24) is 4.98 Å². The largest absolute Gasteiger partial charge is 0.354 e. The molecular formula is C25H17NO. The van der Waals surface area contributed by atoms with Crippen LogP contribution in [-0.2, 0) is 0 Å². The lowest BCUT2D eigenvalue weighted by molar-refractivity contribution is 0.103. The summed E-state index contributed by atoms with van der Waals surface area (Å²) in [6.45, 7) is 0. The number of carbonyl (C=O) groups is 1. The van der Waals surface area contributed by atoms with Crippen molar-refractivity contribution < 1.29 is 4.79 Å². The average molecular weight is 347 g/mol. The summed E-state index contributed by atoms with van der Waals surface area (Å²) in [4.78, 5) is 16.8. The van der Waals surface area contributed by atoms with Gasteiger partial charge in [0.05, 0.1) is 5.52 Å². The molecule has 5 aromatic rings. The van der Waals surface area contributed by atoms with Gasteiger partial charge in [-0.1, -0.05) is 84.9 Å². The van der Waals surface area contributed by atoms with Crippen LogP contribution in [0.1, 0.15) is 15.9 Å². The molecule has 0 amide bonds. The number of rotatable bonds is 3. The third-order valence-corrected chi connectivity index (χ3v) is 5.03. The summed E-state index contributed by atoms with van der Waals surface area (Å²) in [6.07, 6.45) is 0. The van der Waals surface area contributed by atoms with Gasteiger partial charge >= 0.3 is 0 Å². The topological polar surface area (TPSA) is 32.9 Å². The van der Waals surface area contributed by atoms with Crippen molar-refractivity contribution in [2.75, 3.05) is 0 Å². The van der Waals surface area contributed by atoms with E-state index in [1.165, 1.54) is 5.39 Å². The maximum Gasteiger partial charge on any atom is 0.193 e. The summed E-state index contributed by atoms with van der Waals surface area (Å²) in [5.74, 6) is 0.0370. The van der Waals surface area contributed by atoms with Gasteiger partial charge in [0.15, 0.2) is 5.78 Å². The van der Waals surface area contributed by atoms with Gasteiger partial charge in [0.1, 0.15) is 0 Å². The monoisotopic (exact) mass is 347 g/mol. The fourth-order valence-corrected chi connectivity index (χ4v) is 3.76. The number of aromatic nitrogens is 1. The van der Waals surface area contributed by atoms with Crippen LogP contribution in [0.4, 0.5) is 0 Å². The van der Waals surface area contributed by atoms with Gasteiger partial charge in [-0.05, 0) is 17.7 Å². The molecule has 128 valence electrons. The summed E-state index contributed by atoms with van der Waals surface area (Å²) in [6, 6.07) is 31.8. The zero-order valence-electron chi connectivity index (χ0n) is 14.6. The van der Waals surface area contributed by atoms with Crippen molar-refractivity contribution in [3.8, 4) is 11.1 Å². The highest BCUT2D eigenvalue weighted by Crippen LogP contribution is 2.36. The van der Waals surface area contributed by atoms with Gasteiger partial charge in [0.25, 0.3) is 0 Å². The molecular weight excluding hydrogens is 330 g/mol. The molecule has 0 bridgehead atoms. The first kappa shape index (κ1) is 15.6. The van der Waals surface area contributed by atoms with Crippen molar-refractivity contribution in [2.24, 2.45) is 0 Å². The molecule has 0 spiro atoms. The minimum atomic E-state index is 0.0370. The SMILES string of the molecule is O=C(c1ccccc1)c1ccc2c([nH]c3ccccc32)c1-c1ccccc1. The maximum atomic E-state index is 13.3. The lowest BCUT2D eigenvalue weighted by Crippen LogP contribution is -2.04. The van der Waals surface area contributed by atoms with Crippen LogP contribution in [0.25, 0.3) is 32.9 Å². The highest BCUT2D eigenvalue weighted by molar-refractivity contribution is 6.20. The van der Waals surface area contributed by atoms with Gasteiger partial charge in [0.2, 0.25) is 0 Å². The molecule has 0 radical (unpaired) electrons. The van der Waals surface area contributed by atoms with Gasteiger partial charge < -0.3 is 4.98 Å². The van der Waals surface area contributed by atoms with Crippen LogP contribution >= 0.6 is 0 Å². The normalized spacial score (nSPS) is 11.1. The van der Waals surface area contributed by atoms with Crippen LogP contribution < -0.4 is 0 Å². The van der Waals surface area contributed by atoms with E-state index >= 15 is 0 Å². The number of carbonyl (C=O) groups excluding carboxylic acids is 1. The van der Waals surface area contributed by atoms with E-state index in [2.05, 4.69) is 35.3 Å². The number of ketones is 1. The first-order chi connectivity index (χ1) is 13.3. The number of nitrogens with one attached hydrogen (secondary N) is 1. The zero-order valence-corrected chi connectivity index (χ0v) is 14.6. The van der Waals surface area contributed by atoms with Crippen LogP contribution in [-0.4, -0.2) is 10.8 Å². The molecule has 1 N–H and O–H groups in total. The van der Waals surface area contributed by atoms with E-state index in [1.54, 1.807) is 0 Å². The highest BCUT2D eigenvalue weighted by atomic mass is 16.1. The minimum absolute atomic E-state index is 0.0370. The average Bonchev–Trinajstić information content (AvgIpc) is 3.12. The molecule has 0 saturated heterocycles. The Hall–Kier alpha value is -3.65. The molecule has 0 saturated carbocycles. The Morgan fingerprint density at radius 3 is 2.07 bits per heavy atom. The molecule has 0 fully saturated rings. The molecule has 1 aromatic heterocycles. The third-order valence-electron chi connectivity index (χ3n) is 5.03. The van der Waals surface area contributed by atoms with Crippen molar-refractivity contribution in [1.29, 1.82) is 0 Å². The summed E-state index contributed by atoms with van der Waals surface area (Å²) >= 11 is 0. The van der Waals surface area contributed by atoms with E-state index in [0.717, 1.165) is 27.5 Å². The predicted molar refractivity (Wildman–Crippen MR) is 111 cm³/mol. The first-order valence-electron chi connectivity index (χ1n) is 9.01. The van der Waals surface area contributed by atoms with Crippen LogP contribution in [0.2, 0.25) is 0 Å². The van der Waals surface area contributed by atoms with Gasteiger partial charge in [-0.15, -0.1) is 0 Å². The molecule has 0 atom stereocenters. The number of benzene rings is 4. The second-order valence-electron chi connectivity index (χ2n) is 6.64. The molecule has 5 rings (SSSR count). The number of hydrogen-bond donors (Lipinski definition) is 1.